The SMILES string of the molecule is COC(=O)c1cc2cc(OC)c(OCc3ccccc3)c(OC)c2[nH]1. The molecule has 6 nitrogen and oxygen atoms in total. The average Bonchev–Trinajstić information content (AvgIpc) is 3.09. The molecule has 0 bridgehead atoms. The number of carbonyl (C=O) groups is 1. The monoisotopic (exact) mass is 341 g/mol. The summed E-state index contributed by atoms with van der Waals surface area (Å²) in [5, 5.41) is 0.765. The van der Waals surface area contributed by atoms with Crippen LogP contribution in [0, 0.1) is 0 Å². The Morgan fingerprint density at radius 1 is 1.00 bits per heavy atom. The van der Waals surface area contributed by atoms with Crippen molar-refractivity contribution in [1.82, 2.24) is 4.98 Å². The highest BCUT2D eigenvalue weighted by atomic mass is 16.5. The molecule has 0 spiro atoms. The number of rotatable bonds is 6. The van der Waals surface area contributed by atoms with E-state index in [9.17, 15) is 4.79 Å². The zero-order chi connectivity index (χ0) is 17.8. The predicted molar refractivity (Wildman–Crippen MR) is 93.5 cm³/mol. The highest BCUT2D eigenvalue weighted by molar-refractivity contribution is 5.98. The number of hydrogen-bond donors (Lipinski definition) is 1. The summed E-state index contributed by atoms with van der Waals surface area (Å²) in [5.41, 5.74) is 2.00. The van der Waals surface area contributed by atoms with Crippen LogP contribution in [0.1, 0.15) is 16.1 Å². The number of nitrogens with one attached hydrogen (secondary N) is 1. The Bertz CT molecular complexity index is 886. The molecule has 1 aromatic heterocycles. The first-order valence-corrected chi connectivity index (χ1v) is 7.70. The van der Waals surface area contributed by atoms with Gasteiger partial charge in [0.25, 0.3) is 0 Å². The number of methoxy groups -OCH3 is 3. The normalized spacial score (nSPS) is 10.5. The van der Waals surface area contributed by atoms with Crippen LogP contribution in [0.2, 0.25) is 0 Å². The lowest BCUT2D eigenvalue weighted by atomic mass is 10.2. The van der Waals surface area contributed by atoms with E-state index in [1.807, 2.05) is 30.3 Å². The van der Waals surface area contributed by atoms with E-state index in [0.29, 0.717) is 35.1 Å². The highest BCUT2D eigenvalue weighted by Crippen LogP contribution is 2.43. The molecule has 0 aliphatic rings. The van der Waals surface area contributed by atoms with Crippen molar-refractivity contribution in [1.29, 1.82) is 0 Å². The Kier molecular flexibility index (Phi) is 4.79. The van der Waals surface area contributed by atoms with Gasteiger partial charge in [0.1, 0.15) is 12.3 Å². The van der Waals surface area contributed by atoms with Gasteiger partial charge >= 0.3 is 5.97 Å². The number of fused-ring (bicyclic) bond motifs is 1. The molecule has 1 heterocycles. The zero-order valence-corrected chi connectivity index (χ0v) is 14.3. The van der Waals surface area contributed by atoms with Crippen molar-refractivity contribution in [2.75, 3.05) is 21.3 Å². The van der Waals surface area contributed by atoms with Crippen LogP contribution in [0.3, 0.4) is 0 Å². The zero-order valence-electron chi connectivity index (χ0n) is 14.3. The molecule has 0 saturated carbocycles. The number of aromatic nitrogens is 1. The molecule has 0 amide bonds. The molecule has 130 valence electrons. The molecule has 0 aliphatic carbocycles. The molecule has 25 heavy (non-hydrogen) atoms. The van der Waals surface area contributed by atoms with Crippen molar-refractivity contribution in [3.8, 4) is 17.2 Å². The molecule has 3 aromatic rings. The number of ether oxygens (including phenoxy) is 4. The second kappa shape index (κ2) is 7.17. The lowest BCUT2D eigenvalue weighted by Crippen LogP contribution is -2.01. The minimum absolute atomic E-state index is 0.332. The van der Waals surface area contributed by atoms with Crippen LogP contribution in [-0.2, 0) is 11.3 Å². The first-order chi connectivity index (χ1) is 12.2. The third kappa shape index (κ3) is 3.24. The third-order valence-electron chi connectivity index (χ3n) is 3.85. The average molecular weight is 341 g/mol. The lowest BCUT2D eigenvalue weighted by molar-refractivity contribution is 0.0595. The number of hydrogen-bond acceptors (Lipinski definition) is 5. The molecule has 0 unspecified atom stereocenters. The number of carbonyl (C=O) groups excluding carboxylic acids is 1. The maximum atomic E-state index is 11.8. The van der Waals surface area contributed by atoms with Gasteiger partial charge in [-0.3, -0.25) is 0 Å². The number of esters is 1. The maximum Gasteiger partial charge on any atom is 0.354 e. The molecule has 6 heteroatoms. The lowest BCUT2D eigenvalue weighted by Gasteiger charge is -2.15. The Morgan fingerprint density at radius 2 is 1.76 bits per heavy atom. The third-order valence-corrected chi connectivity index (χ3v) is 3.85. The molecule has 0 atom stereocenters. The van der Waals surface area contributed by atoms with E-state index in [0.717, 1.165) is 10.9 Å². The van der Waals surface area contributed by atoms with Gasteiger partial charge in [0.2, 0.25) is 5.75 Å². The van der Waals surface area contributed by atoms with Gasteiger partial charge in [0.05, 0.1) is 26.8 Å². The van der Waals surface area contributed by atoms with Gasteiger partial charge in [-0.15, -0.1) is 0 Å². The Morgan fingerprint density at radius 3 is 2.40 bits per heavy atom. The van der Waals surface area contributed by atoms with Gasteiger partial charge in [-0.25, -0.2) is 4.79 Å². The van der Waals surface area contributed by atoms with Crippen LogP contribution in [0.25, 0.3) is 10.9 Å². The van der Waals surface area contributed by atoms with E-state index < -0.39 is 5.97 Å². The summed E-state index contributed by atoms with van der Waals surface area (Å²) in [6.45, 7) is 0.365. The molecule has 0 fully saturated rings. The number of benzene rings is 2. The molecule has 0 radical (unpaired) electrons. The molecule has 1 N–H and O–H groups in total. The number of H-pyrrole nitrogens is 1. The summed E-state index contributed by atoms with van der Waals surface area (Å²) in [4.78, 5) is 14.8. The fourth-order valence-electron chi connectivity index (χ4n) is 2.64. The molecular weight excluding hydrogens is 322 g/mol. The van der Waals surface area contributed by atoms with Crippen molar-refractivity contribution in [3.05, 3.63) is 53.7 Å². The van der Waals surface area contributed by atoms with E-state index in [1.54, 1.807) is 26.4 Å². The van der Waals surface area contributed by atoms with Crippen molar-refractivity contribution in [2.45, 2.75) is 6.61 Å². The van der Waals surface area contributed by atoms with E-state index in [1.165, 1.54) is 7.11 Å². The fourth-order valence-corrected chi connectivity index (χ4v) is 2.64. The van der Waals surface area contributed by atoms with E-state index in [-0.39, 0.29) is 0 Å². The molecule has 3 rings (SSSR count). The maximum absolute atomic E-state index is 11.8. The Balaban J connectivity index is 2.04. The fraction of sp³-hybridized carbons (Fsp3) is 0.211. The summed E-state index contributed by atoms with van der Waals surface area (Å²) in [7, 11) is 4.44. The summed E-state index contributed by atoms with van der Waals surface area (Å²) in [6, 6.07) is 13.3. The standard InChI is InChI=1S/C19H19NO5/c1-22-15-10-13-9-14(19(21)24-3)20-16(13)18(23-2)17(15)25-11-12-7-5-4-6-8-12/h4-10,20H,11H2,1-3H3. The molecule has 0 aliphatic heterocycles. The highest BCUT2D eigenvalue weighted by Gasteiger charge is 2.20. The molecule has 2 aromatic carbocycles. The second-order valence-electron chi connectivity index (χ2n) is 5.35. The molecule has 0 saturated heterocycles. The van der Waals surface area contributed by atoms with E-state index in [4.69, 9.17) is 18.9 Å². The minimum Gasteiger partial charge on any atom is -0.493 e. The number of aromatic amines is 1. The van der Waals surface area contributed by atoms with Crippen LogP contribution in [-0.4, -0.2) is 32.3 Å². The summed E-state index contributed by atoms with van der Waals surface area (Å²) < 4.78 is 21.7. The van der Waals surface area contributed by atoms with Gasteiger partial charge < -0.3 is 23.9 Å². The Hall–Kier alpha value is -3.15. The summed E-state index contributed by atoms with van der Waals surface area (Å²) >= 11 is 0. The van der Waals surface area contributed by atoms with Crippen molar-refractivity contribution in [3.63, 3.8) is 0 Å². The van der Waals surface area contributed by atoms with Gasteiger partial charge in [-0.1, -0.05) is 30.3 Å². The second-order valence-corrected chi connectivity index (χ2v) is 5.35. The van der Waals surface area contributed by atoms with Crippen LogP contribution >= 0.6 is 0 Å². The van der Waals surface area contributed by atoms with Crippen molar-refractivity contribution < 1.29 is 23.7 Å². The first-order valence-electron chi connectivity index (χ1n) is 7.70. The molecular formula is C19H19NO5. The van der Waals surface area contributed by atoms with Gasteiger partial charge in [-0.05, 0) is 17.7 Å². The van der Waals surface area contributed by atoms with E-state index in [2.05, 4.69) is 4.98 Å². The van der Waals surface area contributed by atoms with Crippen molar-refractivity contribution >= 4 is 16.9 Å². The minimum atomic E-state index is -0.455. The van der Waals surface area contributed by atoms with Crippen LogP contribution in [0.4, 0.5) is 0 Å². The largest absolute Gasteiger partial charge is 0.493 e. The van der Waals surface area contributed by atoms with Crippen LogP contribution in [0.15, 0.2) is 42.5 Å². The smallest absolute Gasteiger partial charge is 0.354 e. The quantitative estimate of drug-likeness (QED) is 0.694. The van der Waals surface area contributed by atoms with Crippen molar-refractivity contribution in [2.24, 2.45) is 0 Å². The topological polar surface area (TPSA) is 69.8 Å². The summed E-state index contributed by atoms with van der Waals surface area (Å²) in [6.07, 6.45) is 0. The predicted octanol–water partition coefficient (Wildman–Crippen LogP) is 3.55. The Labute approximate surface area is 145 Å². The van der Waals surface area contributed by atoms with Gasteiger partial charge in [0, 0.05) is 5.39 Å². The summed E-state index contributed by atoms with van der Waals surface area (Å²) in [5.74, 6) is 1.01. The van der Waals surface area contributed by atoms with Gasteiger partial charge in [0.15, 0.2) is 11.5 Å². The van der Waals surface area contributed by atoms with Gasteiger partial charge in [-0.2, -0.15) is 0 Å². The first kappa shape index (κ1) is 16.7. The van der Waals surface area contributed by atoms with Crippen LogP contribution < -0.4 is 14.2 Å². The van der Waals surface area contributed by atoms with Crippen LogP contribution in [0.5, 0.6) is 17.2 Å². The van der Waals surface area contributed by atoms with E-state index >= 15 is 0 Å².